The summed E-state index contributed by atoms with van der Waals surface area (Å²) in [6.07, 6.45) is 3.11. The molecule has 4 N–H and O–H groups in total. The number of hydrogen-bond acceptors (Lipinski definition) is 4. The van der Waals surface area contributed by atoms with Crippen molar-refractivity contribution in [1.82, 2.24) is 10.6 Å². The van der Waals surface area contributed by atoms with Crippen molar-refractivity contribution in [3.63, 3.8) is 0 Å². The minimum absolute atomic E-state index is 0.0197. The van der Waals surface area contributed by atoms with Crippen LogP contribution in [0.3, 0.4) is 0 Å². The van der Waals surface area contributed by atoms with E-state index in [0.29, 0.717) is 30.9 Å². The van der Waals surface area contributed by atoms with E-state index in [2.05, 4.69) is 22.9 Å². The second-order valence-electron chi connectivity index (χ2n) is 8.67. The summed E-state index contributed by atoms with van der Waals surface area (Å²) >= 11 is 0. The number of benzene rings is 1. The van der Waals surface area contributed by atoms with Gasteiger partial charge in [0.25, 0.3) is 0 Å². The van der Waals surface area contributed by atoms with Crippen LogP contribution in [0.2, 0.25) is 0 Å². The SMILES string of the molecule is Cc1ccc(F)c2c1NC(C(=O)NC(C1CC1)C1NCC(C(=O)O)CC1C)C2. The van der Waals surface area contributed by atoms with E-state index in [0.717, 1.165) is 24.1 Å². The topological polar surface area (TPSA) is 90.5 Å². The zero-order valence-electron chi connectivity index (χ0n) is 16.3. The third kappa shape index (κ3) is 3.60. The number of carboxylic acid groups (broad SMARTS) is 1. The van der Waals surface area contributed by atoms with E-state index in [4.69, 9.17) is 0 Å². The van der Waals surface area contributed by atoms with E-state index >= 15 is 0 Å². The summed E-state index contributed by atoms with van der Waals surface area (Å²) in [6.45, 7) is 4.39. The molecule has 4 rings (SSSR count). The van der Waals surface area contributed by atoms with Crippen molar-refractivity contribution in [3.8, 4) is 0 Å². The van der Waals surface area contributed by atoms with Crippen LogP contribution in [0.15, 0.2) is 12.1 Å². The number of carboxylic acids is 1. The molecular weight excluding hydrogens is 361 g/mol. The fourth-order valence-corrected chi connectivity index (χ4v) is 4.78. The van der Waals surface area contributed by atoms with Gasteiger partial charge in [-0.15, -0.1) is 0 Å². The minimum atomic E-state index is -0.768. The molecule has 7 heteroatoms. The molecule has 1 saturated carbocycles. The number of anilines is 1. The number of fused-ring (bicyclic) bond motifs is 1. The number of carbonyl (C=O) groups is 2. The molecule has 28 heavy (non-hydrogen) atoms. The summed E-state index contributed by atoms with van der Waals surface area (Å²) in [4.78, 5) is 24.3. The molecule has 1 saturated heterocycles. The number of nitrogens with one attached hydrogen (secondary N) is 3. The fourth-order valence-electron chi connectivity index (χ4n) is 4.78. The molecular formula is C21H28FN3O3. The van der Waals surface area contributed by atoms with E-state index in [1.54, 1.807) is 6.07 Å². The van der Waals surface area contributed by atoms with Gasteiger partial charge in [0.05, 0.1) is 5.92 Å². The third-order valence-electron chi connectivity index (χ3n) is 6.55. The van der Waals surface area contributed by atoms with Gasteiger partial charge < -0.3 is 21.1 Å². The summed E-state index contributed by atoms with van der Waals surface area (Å²) < 4.78 is 14.1. The molecule has 1 amide bonds. The lowest BCUT2D eigenvalue weighted by atomic mass is 9.81. The summed E-state index contributed by atoms with van der Waals surface area (Å²) in [5, 5.41) is 19.0. The van der Waals surface area contributed by atoms with Crippen molar-refractivity contribution >= 4 is 17.6 Å². The first-order valence-corrected chi connectivity index (χ1v) is 10.2. The highest BCUT2D eigenvalue weighted by Crippen LogP contribution is 2.38. The van der Waals surface area contributed by atoms with Gasteiger partial charge in [-0.2, -0.15) is 0 Å². The van der Waals surface area contributed by atoms with Crippen molar-refractivity contribution < 1.29 is 19.1 Å². The van der Waals surface area contributed by atoms with Gasteiger partial charge in [-0.25, -0.2) is 4.39 Å². The Labute approximate surface area is 164 Å². The molecule has 0 radical (unpaired) electrons. The van der Waals surface area contributed by atoms with Crippen LogP contribution in [0, 0.1) is 30.5 Å². The number of aliphatic carboxylic acids is 1. The fraction of sp³-hybridized carbons (Fsp3) is 0.619. The van der Waals surface area contributed by atoms with Crippen LogP contribution in [0.5, 0.6) is 0 Å². The van der Waals surface area contributed by atoms with Crippen LogP contribution in [0.1, 0.15) is 37.3 Å². The maximum atomic E-state index is 14.1. The van der Waals surface area contributed by atoms with Crippen LogP contribution >= 0.6 is 0 Å². The highest BCUT2D eigenvalue weighted by molar-refractivity contribution is 5.88. The van der Waals surface area contributed by atoms with E-state index in [9.17, 15) is 19.1 Å². The first-order chi connectivity index (χ1) is 13.3. The lowest BCUT2D eigenvalue weighted by Crippen LogP contribution is -2.60. The van der Waals surface area contributed by atoms with Crippen LogP contribution in [0.4, 0.5) is 10.1 Å². The lowest BCUT2D eigenvalue weighted by Gasteiger charge is -2.39. The molecule has 0 aromatic heterocycles. The maximum absolute atomic E-state index is 14.1. The molecule has 152 valence electrons. The molecule has 2 heterocycles. The molecule has 1 aromatic rings. The van der Waals surface area contributed by atoms with Crippen molar-refractivity contribution in [2.24, 2.45) is 17.8 Å². The Kier molecular flexibility index (Phi) is 5.04. The number of amides is 1. The Balaban J connectivity index is 1.43. The zero-order chi connectivity index (χ0) is 20.0. The minimum Gasteiger partial charge on any atom is -0.481 e. The highest BCUT2D eigenvalue weighted by atomic mass is 19.1. The van der Waals surface area contributed by atoms with Crippen LogP contribution in [-0.2, 0) is 16.0 Å². The van der Waals surface area contributed by atoms with Gasteiger partial charge in [0.2, 0.25) is 5.91 Å². The molecule has 1 aromatic carbocycles. The molecule has 6 nitrogen and oxygen atoms in total. The summed E-state index contributed by atoms with van der Waals surface area (Å²) in [7, 11) is 0. The highest BCUT2D eigenvalue weighted by Gasteiger charge is 2.44. The van der Waals surface area contributed by atoms with Gasteiger partial charge >= 0.3 is 5.97 Å². The second kappa shape index (κ2) is 7.35. The van der Waals surface area contributed by atoms with Gasteiger partial charge in [0.15, 0.2) is 0 Å². The Morgan fingerprint density at radius 3 is 2.68 bits per heavy atom. The number of piperidine rings is 1. The summed E-state index contributed by atoms with van der Waals surface area (Å²) in [5.41, 5.74) is 2.25. The first-order valence-electron chi connectivity index (χ1n) is 10.2. The Morgan fingerprint density at radius 1 is 1.32 bits per heavy atom. The van der Waals surface area contributed by atoms with Crippen molar-refractivity contribution in [2.45, 2.75) is 57.7 Å². The van der Waals surface area contributed by atoms with Gasteiger partial charge in [0.1, 0.15) is 11.9 Å². The zero-order valence-corrected chi connectivity index (χ0v) is 16.3. The lowest BCUT2D eigenvalue weighted by molar-refractivity contribution is -0.143. The van der Waals surface area contributed by atoms with Crippen molar-refractivity contribution in [2.75, 3.05) is 11.9 Å². The van der Waals surface area contributed by atoms with Crippen molar-refractivity contribution in [1.29, 1.82) is 0 Å². The maximum Gasteiger partial charge on any atom is 0.307 e. The van der Waals surface area contributed by atoms with Gasteiger partial charge in [0, 0.05) is 36.3 Å². The van der Waals surface area contributed by atoms with E-state index in [-0.39, 0.29) is 35.6 Å². The monoisotopic (exact) mass is 389 g/mol. The summed E-state index contributed by atoms with van der Waals surface area (Å²) in [5.74, 6) is -0.943. The predicted octanol–water partition coefficient (Wildman–Crippen LogP) is 2.06. The van der Waals surface area contributed by atoms with E-state index < -0.39 is 12.0 Å². The van der Waals surface area contributed by atoms with E-state index in [1.807, 2.05) is 6.92 Å². The van der Waals surface area contributed by atoms with Crippen molar-refractivity contribution in [3.05, 3.63) is 29.1 Å². The van der Waals surface area contributed by atoms with Crippen LogP contribution < -0.4 is 16.0 Å². The Hall–Kier alpha value is -2.15. The van der Waals surface area contributed by atoms with Crippen LogP contribution in [0.25, 0.3) is 0 Å². The first kappa shape index (κ1) is 19.2. The third-order valence-corrected chi connectivity index (χ3v) is 6.55. The predicted molar refractivity (Wildman–Crippen MR) is 104 cm³/mol. The smallest absolute Gasteiger partial charge is 0.307 e. The normalized spacial score (nSPS) is 30.2. The largest absolute Gasteiger partial charge is 0.481 e. The summed E-state index contributed by atoms with van der Waals surface area (Å²) in [6, 6.07) is 2.75. The molecule has 1 aliphatic carbocycles. The average molecular weight is 389 g/mol. The molecule has 2 aliphatic heterocycles. The molecule has 0 bridgehead atoms. The number of hydrogen-bond donors (Lipinski definition) is 4. The molecule has 0 spiro atoms. The Bertz CT molecular complexity index is 764. The molecule has 2 fully saturated rings. The molecule has 5 unspecified atom stereocenters. The van der Waals surface area contributed by atoms with Gasteiger partial charge in [-0.1, -0.05) is 13.0 Å². The number of aryl methyl sites for hydroxylation is 1. The van der Waals surface area contributed by atoms with Gasteiger partial charge in [-0.05, 0) is 49.7 Å². The number of rotatable bonds is 5. The molecule has 3 aliphatic rings. The van der Waals surface area contributed by atoms with E-state index in [1.165, 1.54) is 6.07 Å². The Morgan fingerprint density at radius 2 is 2.07 bits per heavy atom. The standard InChI is InChI=1S/C21H28FN3O3/c1-10-3-6-15(22)14-8-16(24-17(10)14)20(26)25-19(12-4-5-12)18-11(2)7-13(9-23-18)21(27)28/h3,6,11-13,16,18-19,23-24H,4-5,7-9H2,1-2H3,(H,25,26)(H,27,28). The second-order valence-corrected chi connectivity index (χ2v) is 8.67. The molecule has 5 atom stereocenters. The quantitative estimate of drug-likeness (QED) is 0.619. The average Bonchev–Trinajstić information content (AvgIpc) is 3.39. The number of halogens is 1. The number of carbonyl (C=O) groups excluding carboxylic acids is 1. The van der Waals surface area contributed by atoms with Crippen LogP contribution in [-0.4, -0.2) is 41.7 Å². The van der Waals surface area contributed by atoms with Gasteiger partial charge in [-0.3, -0.25) is 9.59 Å².